The zero-order valence-electron chi connectivity index (χ0n) is 36.4. The number of carbonyl (C=O) groups is 1. The fourth-order valence-electron chi connectivity index (χ4n) is 10.6. The van der Waals surface area contributed by atoms with Crippen LogP contribution in [0, 0.1) is 31.4 Å². The number of halogens is 2. The molecular formula is C47H46F2N10O5. The molecule has 0 unspecified atom stereocenters. The second kappa shape index (κ2) is 13.8. The van der Waals surface area contributed by atoms with E-state index in [-0.39, 0.29) is 46.8 Å². The molecule has 8 aromatic rings. The van der Waals surface area contributed by atoms with Crippen molar-refractivity contribution in [1.82, 2.24) is 48.3 Å². The van der Waals surface area contributed by atoms with Gasteiger partial charge in [-0.15, -0.1) is 0 Å². The maximum atomic E-state index is 16.1. The Kier molecular flexibility index (Phi) is 8.62. The van der Waals surface area contributed by atoms with Crippen LogP contribution in [0.25, 0.3) is 39.0 Å². The highest BCUT2D eigenvalue weighted by atomic mass is 19.1. The highest BCUT2D eigenvalue weighted by Gasteiger charge is 2.59. The Labute approximate surface area is 364 Å². The van der Waals surface area contributed by atoms with Gasteiger partial charge in [0.05, 0.1) is 52.4 Å². The van der Waals surface area contributed by atoms with Crippen molar-refractivity contribution in [2.45, 2.75) is 90.4 Å². The Hall–Kier alpha value is -6.88. The van der Waals surface area contributed by atoms with Crippen LogP contribution in [0.5, 0.6) is 0 Å². The van der Waals surface area contributed by atoms with Gasteiger partial charge >= 0.3 is 11.4 Å². The van der Waals surface area contributed by atoms with Crippen molar-refractivity contribution in [3.05, 3.63) is 139 Å². The van der Waals surface area contributed by atoms with E-state index in [0.717, 1.165) is 29.3 Å². The summed E-state index contributed by atoms with van der Waals surface area (Å²) in [5.41, 5.74) is 3.74. The Bertz CT molecular complexity index is 3360. The third-order valence-electron chi connectivity index (χ3n) is 14.0. The first-order chi connectivity index (χ1) is 30.6. The second-order valence-corrected chi connectivity index (χ2v) is 18.5. The van der Waals surface area contributed by atoms with Crippen molar-refractivity contribution >= 4 is 27.7 Å². The molecule has 1 saturated carbocycles. The summed E-state index contributed by atoms with van der Waals surface area (Å²) in [6, 6.07) is 14.2. The molecule has 17 heteroatoms. The van der Waals surface area contributed by atoms with E-state index in [1.807, 2.05) is 17.6 Å². The predicted molar refractivity (Wildman–Crippen MR) is 232 cm³/mol. The summed E-state index contributed by atoms with van der Waals surface area (Å²) >= 11 is 0. The number of hydrogen-bond acceptors (Lipinski definition) is 8. The van der Waals surface area contributed by atoms with Crippen LogP contribution in [0.1, 0.15) is 103 Å². The summed E-state index contributed by atoms with van der Waals surface area (Å²) < 4.78 is 50.0. The maximum absolute atomic E-state index is 16.1. The molecule has 0 bridgehead atoms. The standard InChI is InChI=1S/C47H46F2N10O5/c1-24-16-31(17-25(2)39(24)48)59-41(56-14-13-55(45(56)62)36-11-10-35-32(40(36)49)22-50-54(35)7)38-27(4)57(23-33(38)52-59)42(60)37-19-30-18-28(29-12-15-63-46(5,6)21-29)8-9-34(30)58(37)47(20-26(47)3)43-51-44(61)64-53-43/h8-11,13-14,16-19,22,26-27,29H,12,15,20-21,23H2,1-7H3,(H,51,53,61)/t26-,27-,29-,47-/m0/s1. The van der Waals surface area contributed by atoms with Crippen molar-refractivity contribution in [3.63, 3.8) is 0 Å². The number of aromatic nitrogens is 9. The van der Waals surface area contributed by atoms with Crippen molar-refractivity contribution in [2.24, 2.45) is 13.0 Å². The largest absolute Gasteiger partial charge is 0.438 e. The van der Waals surface area contributed by atoms with Crippen LogP contribution >= 0.6 is 0 Å². The zero-order valence-corrected chi connectivity index (χ0v) is 36.4. The van der Waals surface area contributed by atoms with E-state index in [9.17, 15) is 9.59 Å². The fraction of sp³-hybridized carbons (Fsp3) is 0.362. The summed E-state index contributed by atoms with van der Waals surface area (Å²) in [7, 11) is 1.72. The number of nitrogens with zero attached hydrogens (tertiary/aromatic N) is 9. The first kappa shape index (κ1) is 39.9. The number of hydrogen-bond donors (Lipinski definition) is 1. The number of H-pyrrole nitrogens is 1. The monoisotopic (exact) mass is 868 g/mol. The number of carbonyl (C=O) groups excluding carboxylic acids is 1. The normalized spacial score (nSPS) is 21.6. The fourth-order valence-corrected chi connectivity index (χ4v) is 10.6. The quantitative estimate of drug-likeness (QED) is 0.174. The summed E-state index contributed by atoms with van der Waals surface area (Å²) in [6.45, 7) is 12.2. The van der Waals surface area contributed by atoms with Crippen LogP contribution in [0.2, 0.25) is 0 Å². The molecule has 4 atom stereocenters. The van der Waals surface area contributed by atoms with E-state index in [1.165, 1.54) is 27.6 Å². The lowest BCUT2D eigenvalue weighted by Gasteiger charge is -2.35. The number of rotatable bonds is 7. The van der Waals surface area contributed by atoms with Gasteiger partial charge in [-0.3, -0.25) is 28.1 Å². The van der Waals surface area contributed by atoms with Gasteiger partial charge in [-0.25, -0.2) is 23.1 Å². The van der Waals surface area contributed by atoms with Crippen LogP contribution in [0.15, 0.2) is 81.2 Å². The molecule has 1 aliphatic carbocycles. The molecule has 11 rings (SSSR count). The Morgan fingerprint density at radius 1 is 0.938 bits per heavy atom. The Morgan fingerprint density at radius 2 is 1.67 bits per heavy atom. The van der Waals surface area contributed by atoms with Crippen LogP contribution in [-0.2, 0) is 23.9 Å². The van der Waals surface area contributed by atoms with Gasteiger partial charge in [0.1, 0.15) is 22.9 Å². The number of aromatic amines is 1. The van der Waals surface area contributed by atoms with Crippen molar-refractivity contribution < 1.29 is 22.8 Å². The molecule has 3 aliphatic rings. The topological polar surface area (TPSA) is 156 Å². The van der Waals surface area contributed by atoms with Crippen molar-refractivity contribution in [1.29, 1.82) is 0 Å². The molecular weight excluding hydrogens is 823 g/mol. The molecule has 1 saturated heterocycles. The van der Waals surface area contributed by atoms with Gasteiger partial charge in [0.15, 0.2) is 11.6 Å². The summed E-state index contributed by atoms with van der Waals surface area (Å²) in [5, 5.41) is 14.5. The van der Waals surface area contributed by atoms with Crippen LogP contribution in [0.4, 0.5) is 8.78 Å². The summed E-state index contributed by atoms with van der Waals surface area (Å²) in [4.78, 5) is 46.9. The third kappa shape index (κ3) is 5.78. The minimum atomic E-state index is -0.860. The lowest BCUT2D eigenvalue weighted by Crippen LogP contribution is -2.34. The number of benzene rings is 3. The molecule has 1 amide bonds. The van der Waals surface area contributed by atoms with Gasteiger partial charge < -0.3 is 14.2 Å². The summed E-state index contributed by atoms with van der Waals surface area (Å²) in [5.74, 6) is -0.975. The van der Waals surface area contributed by atoms with E-state index in [2.05, 4.69) is 54.2 Å². The number of aryl methyl sites for hydroxylation is 3. The average Bonchev–Trinajstić information content (AvgIpc) is 3.96. The highest BCUT2D eigenvalue weighted by molar-refractivity contribution is 6.00. The van der Waals surface area contributed by atoms with Gasteiger partial charge in [-0.05, 0) is 125 Å². The van der Waals surface area contributed by atoms with Gasteiger partial charge in [0, 0.05) is 42.5 Å². The lowest BCUT2D eigenvalue weighted by molar-refractivity contribution is -0.0592. The van der Waals surface area contributed by atoms with Crippen molar-refractivity contribution in [2.75, 3.05) is 6.61 Å². The molecule has 7 heterocycles. The van der Waals surface area contributed by atoms with Gasteiger partial charge in [-0.1, -0.05) is 18.1 Å². The first-order valence-electron chi connectivity index (χ1n) is 21.5. The number of nitrogens with one attached hydrogen (secondary N) is 1. The van der Waals surface area contributed by atoms with E-state index in [0.29, 0.717) is 64.0 Å². The number of fused-ring (bicyclic) bond motifs is 3. The summed E-state index contributed by atoms with van der Waals surface area (Å²) in [6.07, 6.45) is 6.80. The number of amides is 1. The molecule has 3 aromatic carbocycles. The minimum Gasteiger partial charge on any atom is -0.376 e. The third-order valence-corrected chi connectivity index (χ3v) is 14.0. The van der Waals surface area contributed by atoms with Crippen LogP contribution in [-0.4, -0.2) is 66.4 Å². The van der Waals surface area contributed by atoms with E-state index >= 15 is 13.6 Å². The molecule has 5 aromatic heterocycles. The SMILES string of the molecule is Cc1cc(-n2nc3c(c2-n2ccn(-c4ccc5c(cnn5C)c4F)c2=O)[C@H](C)N(C(=O)c2cc4cc([C@H]5CCOC(C)(C)C5)ccc4n2[C@@]2(c4noc(=O)[nH]4)C[C@@H]2C)C3)cc(C)c1F. The Morgan fingerprint density at radius 3 is 2.38 bits per heavy atom. The number of ether oxygens (including phenoxy) is 1. The zero-order chi connectivity index (χ0) is 44.7. The highest BCUT2D eigenvalue weighted by Crippen LogP contribution is 2.56. The maximum Gasteiger partial charge on any atom is 0.438 e. The van der Waals surface area contributed by atoms with E-state index in [1.54, 1.807) is 59.6 Å². The van der Waals surface area contributed by atoms with Gasteiger partial charge in [0.25, 0.3) is 5.91 Å². The molecule has 2 fully saturated rings. The van der Waals surface area contributed by atoms with Gasteiger partial charge in [0.2, 0.25) is 0 Å². The number of imidazole rings is 1. The lowest BCUT2D eigenvalue weighted by atomic mass is 9.83. The van der Waals surface area contributed by atoms with Gasteiger partial charge in [-0.2, -0.15) is 10.2 Å². The smallest absolute Gasteiger partial charge is 0.376 e. The second-order valence-electron chi connectivity index (χ2n) is 18.5. The predicted octanol–water partition coefficient (Wildman–Crippen LogP) is 7.40. The average molecular weight is 869 g/mol. The molecule has 328 valence electrons. The molecule has 15 nitrogen and oxygen atoms in total. The van der Waals surface area contributed by atoms with Crippen molar-refractivity contribution in [3.8, 4) is 17.2 Å². The van der Waals surface area contributed by atoms with E-state index in [4.69, 9.17) is 14.4 Å². The molecule has 64 heavy (non-hydrogen) atoms. The van der Waals surface area contributed by atoms with E-state index < -0.39 is 28.8 Å². The molecule has 2 aliphatic heterocycles. The first-order valence-corrected chi connectivity index (χ1v) is 21.5. The molecule has 0 radical (unpaired) electrons. The molecule has 0 spiro atoms. The Balaban J connectivity index is 1.05. The minimum absolute atomic E-state index is 0.00349. The van der Waals surface area contributed by atoms with Crippen LogP contribution in [0.3, 0.4) is 0 Å². The molecule has 1 N–H and O–H groups in total. The van der Waals surface area contributed by atoms with Crippen LogP contribution < -0.4 is 11.4 Å².